The smallest absolute Gasteiger partial charge is 0.258 e. The van der Waals surface area contributed by atoms with Gasteiger partial charge in [-0.1, -0.05) is 79.7 Å². The number of aryl methyl sites for hydroxylation is 1. The molecule has 0 aliphatic heterocycles. The third-order valence-electron chi connectivity index (χ3n) is 5.41. The van der Waals surface area contributed by atoms with Gasteiger partial charge in [-0.25, -0.2) is 9.97 Å². The Morgan fingerprint density at radius 3 is 2.34 bits per heavy atom. The first-order valence-electron chi connectivity index (χ1n) is 10.5. The van der Waals surface area contributed by atoms with Crippen molar-refractivity contribution in [1.29, 1.82) is 0 Å². The number of para-hydroxylation sites is 1. The van der Waals surface area contributed by atoms with Gasteiger partial charge in [-0.2, -0.15) is 0 Å². The molecular formula is C27H21N3OS. The van der Waals surface area contributed by atoms with Crippen molar-refractivity contribution < 1.29 is 4.79 Å². The highest BCUT2D eigenvalue weighted by Crippen LogP contribution is 2.28. The molecule has 1 N–H and O–H groups in total. The van der Waals surface area contributed by atoms with Crippen LogP contribution in [0.4, 0.5) is 5.13 Å². The van der Waals surface area contributed by atoms with Crippen LogP contribution in [0, 0.1) is 0 Å². The number of carbonyl (C=O) groups excluding carboxylic acids is 1. The minimum atomic E-state index is -0.191. The number of amides is 1. The van der Waals surface area contributed by atoms with Crippen molar-refractivity contribution >= 4 is 33.3 Å². The molecular weight excluding hydrogens is 414 g/mol. The summed E-state index contributed by atoms with van der Waals surface area (Å²) in [6.45, 7) is 2.13. The molecule has 2 heterocycles. The van der Waals surface area contributed by atoms with Crippen LogP contribution in [-0.2, 0) is 6.42 Å². The zero-order valence-corrected chi connectivity index (χ0v) is 18.4. The molecule has 0 fully saturated rings. The summed E-state index contributed by atoms with van der Waals surface area (Å²) in [5.74, 6) is -0.191. The number of hydrogen-bond donors (Lipinski definition) is 1. The molecule has 0 spiro atoms. The quantitative estimate of drug-likeness (QED) is 0.329. The number of nitrogens with zero attached hydrogens (tertiary/aromatic N) is 2. The molecule has 5 aromatic rings. The number of aromatic nitrogens is 2. The summed E-state index contributed by atoms with van der Waals surface area (Å²) in [4.78, 5) is 22.7. The molecule has 0 saturated heterocycles. The van der Waals surface area contributed by atoms with E-state index in [9.17, 15) is 4.79 Å². The maximum absolute atomic E-state index is 13.3. The Morgan fingerprint density at radius 2 is 1.56 bits per heavy atom. The Hall–Kier alpha value is -3.83. The molecule has 5 heteroatoms. The molecule has 0 atom stereocenters. The molecule has 4 nitrogen and oxygen atoms in total. The van der Waals surface area contributed by atoms with E-state index in [0.29, 0.717) is 10.7 Å². The van der Waals surface area contributed by atoms with Crippen LogP contribution in [0.3, 0.4) is 0 Å². The Bertz CT molecular complexity index is 1390. The van der Waals surface area contributed by atoms with E-state index in [2.05, 4.69) is 41.5 Å². The fourth-order valence-corrected chi connectivity index (χ4v) is 4.37. The van der Waals surface area contributed by atoms with Gasteiger partial charge < -0.3 is 0 Å². The van der Waals surface area contributed by atoms with Crippen molar-refractivity contribution in [3.8, 4) is 22.5 Å². The second-order valence-electron chi connectivity index (χ2n) is 7.48. The fraction of sp³-hybridized carbons (Fsp3) is 0.0741. The molecule has 32 heavy (non-hydrogen) atoms. The highest BCUT2D eigenvalue weighted by Gasteiger charge is 2.16. The van der Waals surface area contributed by atoms with Gasteiger partial charge in [0.25, 0.3) is 5.91 Å². The maximum atomic E-state index is 13.3. The number of fused-ring (bicyclic) bond motifs is 1. The van der Waals surface area contributed by atoms with Gasteiger partial charge in [0.1, 0.15) is 0 Å². The first kappa shape index (κ1) is 20.1. The molecule has 0 unspecified atom stereocenters. The summed E-state index contributed by atoms with van der Waals surface area (Å²) >= 11 is 1.42. The number of rotatable bonds is 5. The Labute approximate surface area is 190 Å². The van der Waals surface area contributed by atoms with Crippen molar-refractivity contribution in [3.63, 3.8) is 0 Å². The van der Waals surface area contributed by atoms with Crippen molar-refractivity contribution in [3.05, 3.63) is 101 Å². The number of anilines is 1. The normalized spacial score (nSPS) is 10.9. The first-order valence-corrected chi connectivity index (χ1v) is 11.4. The Morgan fingerprint density at radius 1 is 0.844 bits per heavy atom. The van der Waals surface area contributed by atoms with E-state index in [-0.39, 0.29) is 5.91 Å². The van der Waals surface area contributed by atoms with Gasteiger partial charge >= 0.3 is 0 Å². The van der Waals surface area contributed by atoms with Crippen LogP contribution in [0.15, 0.2) is 90.3 Å². The minimum Gasteiger partial charge on any atom is -0.298 e. The van der Waals surface area contributed by atoms with Crippen molar-refractivity contribution in [2.24, 2.45) is 0 Å². The van der Waals surface area contributed by atoms with Gasteiger partial charge in [-0.3, -0.25) is 10.1 Å². The lowest BCUT2D eigenvalue weighted by atomic mass is 10.0. The van der Waals surface area contributed by atoms with E-state index in [4.69, 9.17) is 4.98 Å². The molecule has 1 amide bonds. The molecule has 0 bridgehead atoms. The molecule has 0 radical (unpaired) electrons. The lowest BCUT2D eigenvalue weighted by Gasteiger charge is -2.10. The predicted octanol–water partition coefficient (Wildman–Crippen LogP) is 6.84. The largest absolute Gasteiger partial charge is 0.298 e. The minimum absolute atomic E-state index is 0.191. The number of carbonyl (C=O) groups is 1. The van der Waals surface area contributed by atoms with Gasteiger partial charge in [0.2, 0.25) is 0 Å². The van der Waals surface area contributed by atoms with E-state index < -0.39 is 0 Å². The zero-order chi connectivity index (χ0) is 21.9. The topological polar surface area (TPSA) is 54.9 Å². The summed E-state index contributed by atoms with van der Waals surface area (Å²) < 4.78 is 0. The number of hydrogen-bond acceptors (Lipinski definition) is 4. The number of pyridine rings is 1. The lowest BCUT2D eigenvalue weighted by molar-refractivity contribution is 0.102. The van der Waals surface area contributed by atoms with Gasteiger partial charge in [-0.15, -0.1) is 11.3 Å². The van der Waals surface area contributed by atoms with E-state index in [1.807, 2.05) is 66.0 Å². The summed E-state index contributed by atoms with van der Waals surface area (Å²) in [6.07, 6.45) is 0.984. The number of benzene rings is 3. The Balaban J connectivity index is 1.50. The summed E-state index contributed by atoms with van der Waals surface area (Å²) in [7, 11) is 0. The molecule has 5 rings (SSSR count). The van der Waals surface area contributed by atoms with Crippen LogP contribution in [0.1, 0.15) is 22.8 Å². The molecule has 0 saturated carbocycles. The Kier molecular flexibility index (Phi) is 5.48. The maximum Gasteiger partial charge on any atom is 0.258 e. The second kappa shape index (κ2) is 8.73. The summed E-state index contributed by atoms with van der Waals surface area (Å²) in [5, 5.41) is 6.32. The number of thiazole rings is 1. The SMILES string of the molecule is CCc1ccc(-c2cc(C(=O)Nc3nc(-c4ccccc4)cs3)c3ccccc3n2)cc1. The van der Waals surface area contributed by atoms with Crippen molar-refractivity contribution in [2.75, 3.05) is 5.32 Å². The van der Waals surface area contributed by atoms with Crippen molar-refractivity contribution in [2.45, 2.75) is 13.3 Å². The monoisotopic (exact) mass is 435 g/mol. The van der Waals surface area contributed by atoms with Gasteiger partial charge in [-0.05, 0) is 24.1 Å². The van der Waals surface area contributed by atoms with Crippen LogP contribution in [0.2, 0.25) is 0 Å². The van der Waals surface area contributed by atoms with Crippen LogP contribution in [-0.4, -0.2) is 15.9 Å². The average molecular weight is 436 g/mol. The van der Waals surface area contributed by atoms with Gasteiger partial charge in [0.15, 0.2) is 5.13 Å². The standard InChI is InChI=1S/C27H21N3OS/c1-2-18-12-14-20(15-13-18)24-16-22(21-10-6-7-11-23(21)28-24)26(31)30-27-29-25(17-32-27)19-8-4-3-5-9-19/h3-17H,2H2,1H3,(H,29,30,31). The van der Waals surface area contributed by atoms with Crippen molar-refractivity contribution in [1.82, 2.24) is 9.97 Å². The fourth-order valence-electron chi connectivity index (χ4n) is 3.66. The number of nitrogens with one attached hydrogen (secondary N) is 1. The zero-order valence-electron chi connectivity index (χ0n) is 17.6. The van der Waals surface area contributed by atoms with E-state index >= 15 is 0 Å². The second-order valence-corrected chi connectivity index (χ2v) is 8.34. The van der Waals surface area contributed by atoms with Crippen LogP contribution < -0.4 is 5.32 Å². The van der Waals surface area contributed by atoms with Crippen LogP contribution in [0.25, 0.3) is 33.4 Å². The first-order chi connectivity index (χ1) is 15.7. The highest BCUT2D eigenvalue weighted by molar-refractivity contribution is 7.14. The van der Waals surface area contributed by atoms with Gasteiger partial charge in [0, 0.05) is 21.9 Å². The summed E-state index contributed by atoms with van der Waals surface area (Å²) in [5.41, 5.74) is 6.28. The van der Waals surface area contributed by atoms with Gasteiger partial charge in [0.05, 0.1) is 22.5 Å². The average Bonchev–Trinajstić information content (AvgIpc) is 3.32. The van der Waals surface area contributed by atoms with Crippen LogP contribution in [0.5, 0.6) is 0 Å². The molecule has 0 aliphatic rings. The molecule has 0 aliphatic carbocycles. The predicted molar refractivity (Wildman–Crippen MR) is 132 cm³/mol. The molecule has 2 aromatic heterocycles. The third kappa shape index (κ3) is 4.03. The highest BCUT2D eigenvalue weighted by atomic mass is 32.1. The van der Waals surface area contributed by atoms with E-state index in [1.165, 1.54) is 16.9 Å². The molecule has 156 valence electrons. The van der Waals surface area contributed by atoms with Crippen LogP contribution >= 0.6 is 11.3 Å². The van der Waals surface area contributed by atoms with E-state index in [0.717, 1.165) is 39.8 Å². The molecule has 3 aromatic carbocycles. The van der Waals surface area contributed by atoms with E-state index in [1.54, 1.807) is 0 Å². The lowest BCUT2D eigenvalue weighted by Crippen LogP contribution is -2.13. The third-order valence-corrected chi connectivity index (χ3v) is 6.17. The summed E-state index contributed by atoms with van der Waals surface area (Å²) in [6, 6.07) is 27.9.